The van der Waals surface area contributed by atoms with Crippen LogP contribution in [0.4, 0.5) is 4.79 Å². The van der Waals surface area contributed by atoms with Crippen molar-refractivity contribution in [3.63, 3.8) is 0 Å². The van der Waals surface area contributed by atoms with Crippen molar-refractivity contribution in [2.24, 2.45) is 0 Å². The van der Waals surface area contributed by atoms with E-state index in [-0.39, 0.29) is 11.1 Å². The Bertz CT molecular complexity index is 1120. The Kier molecular flexibility index (Phi) is 6.73. The molecule has 0 N–H and O–H groups in total. The first-order valence-electron chi connectivity index (χ1n) is 10.6. The maximum atomic E-state index is 13.0. The summed E-state index contributed by atoms with van der Waals surface area (Å²) in [6.45, 7) is 3.12. The number of nitrogens with zero attached hydrogens (tertiary/aromatic N) is 1. The van der Waals surface area contributed by atoms with Crippen molar-refractivity contribution in [1.82, 2.24) is 4.90 Å². The second-order valence-corrected chi connectivity index (χ2v) is 8.46. The summed E-state index contributed by atoms with van der Waals surface area (Å²) in [7, 11) is 0. The molecule has 1 saturated heterocycles. The van der Waals surface area contributed by atoms with Gasteiger partial charge >= 0.3 is 0 Å². The van der Waals surface area contributed by atoms with Gasteiger partial charge in [-0.15, -0.1) is 0 Å². The second-order valence-electron chi connectivity index (χ2n) is 7.47. The van der Waals surface area contributed by atoms with Crippen LogP contribution in [-0.2, 0) is 11.2 Å². The Morgan fingerprint density at radius 1 is 0.968 bits per heavy atom. The van der Waals surface area contributed by atoms with Gasteiger partial charge in [0.2, 0.25) is 0 Å². The quantitative estimate of drug-likeness (QED) is 0.310. The molecular formula is C26H25NO3S. The van der Waals surface area contributed by atoms with E-state index in [1.165, 1.54) is 4.90 Å². The van der Waals surface area contributed by atoms with Crippen molar-refractivity contribution < 1.29 is 14.3 Å². The largest absolute Gasteiger partial charge is 0.493 e. The van der Waals surface area contributed by atoms with Gasteiger partial charge in [0.1, 0.15) is 5.75 Å². The van der Waals surface area contributed by atoms with Crippen molar-refractivity contribution in [1.29, 1.82) is 0 Å². The predicted octanol–water partition coefficient (Wildman–Crippen LogP) is 6.30. The van der Waals surface area contributed by atoms with Crippen LogP contribution in [0.5, 0.6) is 5.75 Å². The maximum absolute atomic E-state index is 13.0. The summed E-state index contributed by atoms with van der Waals surface area (Å²) in [4.78, 5) is 27.4. The van der Waals surface area contributed by atoms with Crippen LogP contribution in [0.25, 0.3) is 16.8 Å². The second kappa shape index (κ2) is 9.84. The molecule has 0 saturated carbocycles. The van der Waals surface area contributed by atoms with Crippen LogP contribution in [0, 0.1) is 0 Å². The zero-order chi connectivity index (χ0) is 21.6. The molecule has 1 aliphatic heterocycles. The summed E-state index contributed by atoms with van der Waals surface area (Å²) in [6, 6.07) is 21.9. The van der Waals surface area contributed by atoms with Crippen molar-refractivity contribution in [3.8, 4) is 5.75 Å². The van der Waals surface area contributed by atoms with Crippen LogP contribution < -0.4 is 4.74 Å². The van der Waals surface area contributed by atoms with E-state index in [9.17, 15) is 9.59 Å². The monoisotopic (exact) mass is 431 g/mol. The number of carbonyl (C=O) groups is 2. The minimum absolute atomic E-state index is 0.221. The van der Waals surface area contributed by atoms with Crippen LogP contribution in [-0.4, -0.2) is 29.2 Å². The number of benzene rings is 3. The highest BCUT2D eigenvalue weighted by atomic mass is 32.2. The molecule has 4 rings (SSSR count). The summed E-state index contributed by atoms with van der Waals surface area (Å²) in [5, 5.41) is 1.85. The molecule has 0 atom stereocenters. The molecule has 3 aromatic rings. The van der Waals surface area contributed by atoms with Gasteiger partial charge in [0.15, 0.2) is 0 Å². The van der Waals surface area contributed by atoms with Gasteiger partial charge in [-0.05, 0) is 53.1 Å². The lowest BCUT2D eigenvalue weighted by Crippen LogP contribution is -2.30. The SMILES string of the molecule is CCCCOc1ccc2ccccc2c1/C=C1\SC(=O)N(CCc2ccccc2)C1=O. The molecule has 0 aromatic heterocycles. The summed E-state index contributed by atoms with van der Waals surface area (Å²) < 4.78 is 6.03. The summed E-state index contributed by atoms with van der Waals surface area (Å²) in [5.41, 5.74) is 1.95. The van der Waals surface area contributed by atoms with Crippen molar-refractivity contribution in [3.05, 3.63) is 82.8 Å². The van der Waals surface area contributed by atoms with Crippen molar-refractivity contribution in [2.45, 2.75) is 26.2 Å². The summed E-state index contributed by atoms with van der Waals surface area (Å²) >= 11 is 1.00. The highest BCUT2D eigenvalue weighted by molar-refractivity contribution is 8.18. The number of rotatable bonds is 8. The molecular weight excluding hydrogens is 406 g/mol. The first-order chi connectivity index (χ1) is 15.2. The summed E-state index contributed by atoms with van der Waals surface area (Å²) in [6.07, 6.45) is 4.47. The minimum Gasteiger partial charge on any atom is -0.493 e. The number of fused-ring (bicyclic) bond motifs is 1. The number of unbranched alkanes of at least 4 members (excludes halogenated alkanes) is 1. The Labute approximate surface area is 186 Å². The van der Waals surface area contributed by atoms with E-state index in [0.29, 0.717) is 24.5 Å². The van der Waals surface area contributed by atoms with Crippen molar-refractivity contribution >= 4 is 39.8 Å². The number of ether oxygens (including phenoxy) is 1. The lowest BCUT2D eigenvalue weighted by atomic mass is 10.0. The average Bonchev–Trinajstić information content (AvgIpc) is 3.06. The zero-order valence-corrected chi connectivity index (χ0v) is 18.4. The molecule has 0 unspecified atom stereocenters. The number of thioether (sulfide) groups is 1. The summed E-state index contributed by atoms with van der Waals surface area (Å²) in [5.74, 6) is 0.501. The molecule has 0 bridgehead atoms. The number of carbonyl (C=O) groups excluding carboxylic acids is 2. The Morgan fingerprint density at radius 2 is 1.74 bits per heavy atom. The molecule has 1 heterocycles. The third-order valence-electron chi connectivity index (χ3n) is 5.30. The molecule has 4 nitrogen and oxygen atoms in total. The van der Waals surface area contributed by atoms with Gasteiger partial charge in [0.05, 0.1) is 11.5 Å². The van der Waals surface area contributed by atoms with E-state index >= 15 is 0 Å². The lowest BCUT2D eigenvalue weighted by molar-refractivity contribution is -0.122. The number of hydrogen-bond acceptors (Lipinski definition) is 4. The number of imide groups is 1. The third-order valence-corrected chi connectivity index (χ3v) is 6.21. The first kappa shape index (κ1) is 21.2. The fraction of sp³-hybridized carbons (Fsp3) is 0.231. The molecule has 158 valence electrons. The smallest absolute Gasteiger partial charge is 0.293 e. The van der Waals surface area contributed by atoms with E-state index < -0.39 is 0 Å². The van der Waals surface area contributed by atoms with Gasteiger partial charge < -0.3 is 4.74 Å². The molecule has 1 fully saturated rings. The molecule has 0 aliphatic carbocycles. The maximum Gasteiger partial charge on any atom is 0.293 e. The molecule has 3 aromatic carbocycles. The first-order valence-corrected chi connectivity index (χ1v) is 11.4. The molecule has 1 aliphatic rings. The molecule has 31 heavy (non-hydrogen) atoms. The van der Waals surface area contributed by atoms with Gasteiger partial charge in [-0.2, -0.15) is 0 Å². The Hall–Kier alpha value is -3.05. The average molecular weight is 432 g/mol. The van der Waals surface area contributed by atoms with Gasteiger partial charge in [0.25, 0.3) is 11.1 Å². The molecule has 0 radical (unpaired) electrons. The Morgan fingerprint density at radius 3 is 2.55 bits per heavy atom. The lowest BCUT2D eigenvalue weighted by Gasteiger charge is -2.13. The minimum atomic E-state index is -0.238. The standard InChI is InChI=1S/C26H25NO3S/c1-2-3-17-30-23-14-13-20-11-7-8-12-21(20)22(23)18-24-25(28)27(26(29)31-24)16-15-19-9-5-4-6-10-19/h4-14,18H,2-3,15-17H2,1H3/b24-18-. The number of hydrogen-bond donors (Lipinski definition) is 0. The van der Waals surface area contributed by atoms with E-state index in [2.05, 4.69) is 6.92 Å². The fourth-order valence-corrected chi connectivity index (χ4v) is 4.43. The van der Waals surface area contributed by atoms with Gasteiger partial charge in [-0.3, -0.25) is 14.5 Å². The Balaban J connectivity index is 1.62. The third kappa shape index (κ3) is 4.83. The van der Waals surface area contributed by atoms with Crippen LogP contribution >= 0.6 is 11.8 Å². The molecule has 2 amide bonds. The topological polar surface area (TPSA) is 46.6 Å². The predicted molar refractivity (Wildman–Crippen MR) is 127 cm³/mol. The van der Waals surface area contributed by atoms with E-state index in [0.717, 1.165) is 52.3 Å². The zero-order valence-electron chi connectivity index (χ0n) is 17.5. The van der Waals surface area contributed by atoms with E-state index in [1.54, 1.807) is 0 Å². The highest BCUT2D eigenvalue weighted by Gasteiger charge is 2.35. The van der Waals surface area contributed by atoms with E-state index in [1.807, 2.05) is 72.8 Å². The molecule has 5 heteroatoms. The van der Waals surface area contributed by atoms with Crippen LogP contribution in [0.3, 0.4) is 0 Å². The van der Waals surface area contributed by atoms with Gasteiger partial charge in [-0.1, -0.05) is 74.0 Å². The normalized spacial score (nSPS) is 15.3. The van der Waals surface area contributed by atoms with Crippen LogP contribution in [0.15, 0.2) is 71.6 Å². The molecule has 0 spiro atoms. The van der Waals surface area contributed by atoms with Crippen molar-refractivity contribution in [2.75, 3.05) is 13.2 Å². The number of amides is 2. The van der Waals surface area contributed by atoms with E-state index in [4.69, 9.17) is 4.74 Å². The highest BCUT2D eigenvalue weighted by Crippen LogP contribution is 2.37. The van der Waals surface area contributed by atoms with Crippen LogP contribution in [0.1, 0.15) is 30.9 Å². The van der Waals surface area contributed by atoms with Gasteiger partial charge in [0, 0.05) is 12.1 Å². The van der Waals surface area contributed by atoms with Gasteiger partial charge in [-0.25, -0.2) is 0 Å². The fourth-order valence-electron chi connectivity index (χ4n) is 3.59. The van der Waals surface area contributed by atoms with Crippen LogP contribution in [0.2, 0.25) is 0 Å².